The van der Waals surface area contributed by atoms with Gasteiger partial charge in [0.2, 0.25) is 10.0 Å². The van der Waals surface area contributed by atoms with E-state index in [4.69, 9.17) is 21.5 Å². The Morgan fingerprint density at radius 2 is 2.05 bits per heavy atom. The van der Waals surface area contributed by atoms with Crippen LogP contribution in [0, 0.1) is 13.8 Å². The Hall–Kier alpha value is -1.57. The number of hydrogen-bond donors (Lipinski definition) is 1. The maximum absolute atomic E-state index is 11.6. The second-order valence-electron chi connectivity index (χ2n) is 4.75. The zero-order valence-electron chi connectivity index (χ0n) is 11.9. The molecule has 0 saturated heterocycles. The molecule has 1 heterocycles. The van der Waals surface area contributed by atoms with Gasteiger partial charge >= 0.3 is 0 Å². The van der Waals surface area contributed by atoms with Crippen molar-refractivity contribution in [3.63, 3.8) is 0 Å². The number of nitrogens with zero attached hydrogens (tertiary/aromatic N) is 2. The fourth-order valence-corrected chi connectivity index (χ4v) is 2.91. The minimum atomic E-state index is -3.86. The Bertz CT molecular complexity index is 784. The molecular weight excluding hydrogens is 314 g/mol. The molecule has 1 aromatic heterocycles. The van der Waals surface area contributed by atoms with Gasteiger partial charge in [-0.25, -0.2) is 13.6 Å². The van der Waals surface area contributed by atoms with Gasteiger partial charge in [0.15, 0.2) is 0 Å². The van der Waals surface area contributed by atoms with Crippen LogP contribution in [0.5, 0.6) is 5.75 Å². The summed E-state index contributed by atoms with van der Waals surface area (Å²) < 4.78 is 30.4. The molecule has 0 aliphatic rings. The fourth-order valence-electron chi connectivity index (χ4n) is 1.94. The molecule has 0 saturated carbocycles. The van der Waals surface area contributed by atoms with Crippen LogP contribution in [0.4, 0.5) is 0 Å². The van der Waals surface area contributed by atoms with Gasteiger partial charge in [-0.2, -0.15) is 5.10 Å². The number of hydrogen-bond acceptors (Lipinski definition) is 4. The van der Waals surface area contributed by atoms with Crippen LogP contribution in [0.15, 0.2) is 23.1 Å². The summed E-state index contributed by atoms with van der Waals surface area (Å²) in [7, 11) is -2.11. The second-order valence-corrected chi connectivity index (χ2v) is 6.66. The Morgan fingerprint density at radius 3 is 2.57 bits per heavy atom. The van der Waals surface area contributed by atoms with Crippen LogP contribution in [0.25, 0.3) is 0 Å². The van der Waals surface area contributed by atoms with Gasteiger partial charge in [0.05, 0.1) is 16.4 Å². The average molecular weight is 330 g/mol. The summed E-state index contributed by atoms with van der Waals surface area (Å²) in [6, 6.07) is 4.80. The number of sulfonamides is 1. The minimum Gasteiger partial charge on any atom is -0.486 e. The van der Waals surface area contributed by atoms with E-state index in [1.54, 1.807) is 37.7 Å². The van der Waals surface area contributed by atoms with Gasteiger partial charge in [-0.15, -0.1) is 0 Å². The lowest BCUT2D eigenvalue weighted by molar-refractivity contribution is 0.287. The highest BCUT2D eigenvalue weighted by Crippen LogP contribution is 2.26. The minimum absolute atomic E-state index is 0.0440. The Balaban J connectivity index is 2.33. The predicted molar refractivity (Wildman–Crippen MR) is 79.8 cm³/mol. The van der Waals surface area contributed by atoms with Crippen LogP contribution in [0.3, 0.4) is 0 Å². The number of ether oxygens (including phenoxy) is 1. The average Bonchev–Trinajstić information content (AvgIpc) is 2.61. The summed E-state index contributed by atoms with van der Waals surface area (Å²) in [5.41, 5.74) is 2.13. The van der Waals surface area contributed by atoms with Gasteiger partial charge < -0.3 is 4.74 Å². The standard InChI is InChI=1S/C13H16ClN3O3S/c1-8-4-5-11(12(6-8)21(15,18)19)20-7-10-13(14)9(2)16-17(10)3/h4-6H,7H2,1-3H3,(H2,15,18,19). The third-order valence-corrected chi connectivity index (χ3v) is 4.46. The zero-order chi connectivity index (χ0) is 15.8. The van der Waals surface area contributed by atoms with E-state index >= 15 is 0 Å². The summed E-state index contributed by atoms with van der Waals surface area (Å²) in [4.78, 5) is -0.0440. The van der Waals surface area contributed by atoms with Crippen molar-refractivity contribution in [1.82, 2.24) is 9.78 Å². The third-order valence-electron chi connectivity index (χ3n) is 3.03. The molecule has 0 aliphatic carbocycles. The van der Waals surface area contributed by atoms with Crippen LogP contribution >= 0.6 is 11.6 Å². The normalized spacial score (nSPS) is 11.7. The van der Waals surface area contributed by atoms with Crippen molar-refractivity contribution < 1.29 is 13.2 Å². The maximum atomic E-state index is 11.6. The van der Waals surface area contributed by atoms with E-state index in [0.29, 0.717) is 16.4 Å². The van der Waals surface area contributed by atoms with Crippen molar-refractivity contribution >= 4 is 21.6 Å². The summed E-state index contributed by atoms with van der Waals surface area (Å²) >= 11 is 6.13. The highest BCUT2D eigenvalue weighted by molar-refractivity contribution is 7.89. The van der Waals surface area contributed by atoms with Gasteiger partial charge in [0.25, 0.3) is 0 Å². The van der Waals surface area contributed by atoms with Crippen molar-refractivity contribution in [2.75, 3.05) is 0 Å². The van der Waals surface area contributed by atoms with Crippen LogP contribution in [0.2, 0.25) is 5.02 Å². The lowest BCUT2D eigenvalue weighted by Crippen LogP contribution is -2.14. The number of nitrogens with two attached hydrogens (primary N) is 1. The SMILES string of the molecule is Cc1ccc(OCc2c(Cl)c(C)nn2C)c(S(N)(=O)=O)c1. The van der Waals surface area contributed by atoms with Gasteiger partial charge in [0.1, 0.15) is 17.3 Å². The van der Waals surface area contributed by atoms with Crippen LogP contribution in [-0.4, -0.2) is 18.2 Å². The van der Waals surface area contributed by atoms with Crippen molar-refractivity contribution in [3.05, 3.63) is 40.2 Å². The molecule has 2 aromatic rings. The Kier molecular flexibility index (Phi) is 4.27. The summed E-state index contributed by atoms with van der Waals surface area (Å²) in [6.07, 6.45) is 0. The Morgan fingerprint density at radius 1 is 1.38 bits per heavy atom. The fraction of sp³-hybridized carbons (Fsp3) is 0.308. The molecule has 0 radical (unpaired) electrons. The predicted octanol–water partition coefficient (Wildman–Crippen LogP) is 1.92. The van der Waals surface area contributed by atoms with Crippen molar-refractivity contribution in [1.29, 1.82) is 0 Å². The molecule has 2 N–H and O–H groups in total. The number of halogens is 1. The van der Waals surface area contributed by atoms with Crippen LogP contribution < -0.4 is 9.88 Å². The van der Waals surface area contributed by atoms with Crippen molar-refractivity contribution in [2.45, 2.75) is 25.3 Å². The van der Waals surface area contributed by atoms with Crippen LogP contribution in [0.1, 0.15) is 17.0 Å². The number of aryl methyl sites for hydroxylation is 3. The first kappa shape index (κ1) is 15.8. The summed E-state index contributed by atoms with van der Waals surface area (Å²) in [5, 5.41) is 9.88. The molecule has 8 heteroatoms. The smallest absolute Gasteiger partial charge is 0.241 e. The number of aromatic nitrogens is 2. The third kappa shape index (κ3) is 3.37. The van der Waals surface area contributed by atoms with E-state index < -0.39 is 10.0 Å². The highest BCUT2D eigenvalue weighted by atomic mass is 35.5. The molecule has 0 amide bonds. The van der Waals surface area contributed by atoms with E-state index in [0.717, 1.165) is 5.56 Å². The first-order chi connectivity index (χ1) is 9.70. The molecule has 21 heavy (non-hydrogen) atoms. The van der Waals surface area contributed by atoms with Gasteiger partial charge in [0, 0.05) is 7.05 Å². The second kappa shape index (κ2) is 5.67. The first-order valence-electron chi connectivity index (χ1n) is 6.14. The molecule has 0 fully saturated rings. The molecule has 0 atom stereocenters. The Labute approximate surface area is 128 Å². The summed E-state index contributed by atoms with van der Waals surface area (Å²) in [5.74, 6) is 0.193. The number of rotatable bonds is 4. The van der Waals surface area contributed by atoms with E-state index in [1.165, 1.54) is 6.07 Å². The van der Waals surface area contributed by atoms with Crippen LogP contribution in [-0.2, 0) is 23.7 Å². The van der Waals surface area contributed by atoms with Crippen molar-refractivity contribution in [2.24, 2.45) is 12.2 Å². The van der Waals surface area contributed by atoms with E-state index in [-0.39, 0.29) is 17.3 Å². The maximum Gasteiger partial charge on any atom is 0.241 e. The molecule has 2 rings (SSSR count). The molecule has 0 bridgehead atoms. The van der Waals surface area contributed by atoms with E-state index in [1.807, 2.05) is 0 Å². The topological polar surface area (TPSA) is 87.2 Å². The molecule has 114 valence electrons. The first-order valence-corrected chi connectivity index (χ1v) is 8.07. The molecule has 0 aliphatic heterocycles. The zero-order valence-corrected chi connectivity index (χ0v) is 13.5. The monoisotopic (exact) mass is 329 g/mol. The lowest BCUT2D eigenvalue weighted by Gasteiger charge is -2.11. The van der Waals surface area contributed by atoms with Gasteiger partial charge in [-0.1, -0.05) is 17.7 Å². The van der Waals surface area contributed by atoms with E-state index in [2.05, 4.69) is 5.10 Å². The largest absolute Gasteiger partial charge is 0.486 e. The van der Waals surface area contributed by atoms with Gasteiger partial charge in [-0.05, 0) is 31.5 Å². The molecule has 0 unspecified atom stereocenters. The van der Waals surface area contributed by atoms with E-state index in [9.17, 15) is 8.42 Å². The summed E-state index contributed by atoms with van der Waals surface area (Å²) in [6.45, 7) is 3.66. The molecule has 6 nitrogen and oxygen atoms in total. The number of benzene rings is 1. The highest BCUT2D eigenvalue weighted by Gasteiger charge is 2.17. The lowest BCUT2D eigenvalue weighted by atomic mass is 10.2. The molecule has 1 aromatic carbocycles. The molecule has 0 spiro atoms. The van der Waals surface area contributed by atoms with Gasteiger partial charge in [-0.3, -0.25) is 4.68 Å². The number of primary sulfonamides is 1. The quantitative estimate of drug-likeness (QED) is 0.928. The molecular formula is C13H16ClN3O3S. The van der Waals surface area contributed by atoms with Crippen molar-refractivity contribution in [3.8, 4) is 5.75 Å².